The van der Waals surface area contributed by atoms with Crippen molar-refractivity contribution in [2.75, 3.05) is 5.73 Å². The number of rotatable bonds is 1. The van der Waals surface area contributed by atoms with E-state index in [0.717, 1.165) is 0 Å². The van der Waals surface area contributed by atoms with Crippen molar-refractivity contribution in [3.05, 3.63) is 65.3 Å². The van der Waals surface area contributed by atoms with Gasteiger partial charge >= 0.3 is 0 Å². The summed E-state index contributed by atoms with van der Waals surface area (Å²) in [6, 6.07) is 14.7. The minimum absolute atomic E-state index is 0.120. The zero-order valence-corrected chi connectivity index (χ0v) is 13.9. The maximum Gasteiger partial charge on any atom is 0.210 e. The molecular formula is C16H15ClN2O3S. The van der Waals surface area contributed by atoms with Gasteiger partial charge in [0.1, 0.15) is 10.1 Å². The molecule has 0 aliphatic rings. The van der Waals surface area contributed by atoms with Gasteiger partial charge in [-0.25, -0.2) is 13.4 Å². The monoisotopic (exact) mass is 350 g/mol. The number of aromatic nitrogens is 1. The van der Waals surface area contributed by atoms with Crippen LogP contribution in [0, 0.1) is 6.92 Å². The highest BCUT2D eigenvalue weighted by molar-refractivity contribution is 7.86. The van der Waals surface area contributed by atoms with Crippen LogP contribution in [0.25, 0.3) is 10.9 Å². The van der Waals surface area contributed by atoms with Crippen LogP contribution in [0.2, 0.25) is 5.02 Å². The Labute approximate surface area is 139 Å². The zero-order chi connectivity index (χ0) is 17.0. The molecule has 0 radical (unpaired) electrons. The highest BCUT2D eigenvalue weighted by Crippen LogP contribution is 2.25. The van der Waals surface area contributed by atoms with Crippen LogP contribution in [0.4, 0.5) is 5.69 Å². The summed E-state index contributed by atoms with van der Waals surface area (Å²) in [6.45, 7) is 1.59. The molecular weight excluding hydrogens is 336 g/mol. The SMILES string of the molecule is Cc1cc(S(=O)(=O)[O-])c(N)cc1Cl.c1ccc2[nH+]cccc2c1. The van der Waals surface area contributed by atoms with Crippen molar-refractivity contribution >= 4 is 38.3 Å². The molecule has 0 bridgehead atoms. The first kappa shape index (κ1) is 17.2. The van der Waals surface area contributed by atoms with Gasteiger partial charge in [0, 0.05) is 22.5 Å². The lowest BCUT2D eigenvalue weighted by Gasteiger charge is -2.11. The summed E-state index contributed by atoms with van der Waals surface area (Å²) in [7, 11) is -4.51. The van der Waals surface area contributed by atoms with E-state index >= 15 is 0 Å². The Morgan fingerprint density at radius 2 is 1.78 bits per heavy atom. The van der Waals surface area contributed by atoms with Crippen LogP contribution in [0.5, 0.6) is 0 Å². The van der Waals surface area contributed by atoms with Gasteiger partial charge in [-0.2, -0.15) is 0 Å². The van der Waals surface area contributed by atoms with Crippen LogP contribution < -0.4 is 10.7 Å². The fraction of sp³-hybridized carbons (Fsp3) is 0.0625. The Morgan fingerprint density at radius 1 is 1.13 bits per heavy atom. The van der Waals surface area contributed by atoms with E-state index in [4.69, 9.17) is 17.3 Å². The van der Waals surface area contributed by atoms with Gasteiger partial charge in [0.2, 0.25) is 5.52 Å². The number of anilines is 1. The fourth-order valence-electron chi connectivity index (χ4n) is 1.95. The molecule has 23 heavy (non-hydrogen) atoms. The second-order valence-corrected chi connectivity index (χ2v) is 6.61. The van der Waals surface area contributed by atoms with Gasteiger partial charge in [-0.05, 0) is 36.8 Å². The van der Waals surface area contributed by atoms with E-state index in [2.05, 4.69) is 23.2 Å². The van der Waals surface area contributed by atoms with Crippen LogP contribution in [0.1, 0.15) is 5.56 Å². The van der Waals surface area contributed by atoms with Crippen LogP contribution in [-0.2, 0) is 10.1 Å². The topological polar surface area (TPSA) is 97.4 Å². The molecule has 0 spiro atoms. The number of nitrogen functional groups attached to an aromatic ring is 1. The first-order valence-electron chi connectivity index (χ1n) is 6.66. The third kappa shape index (κ3) is 4.41. The fourth-order valence-corrected chi connectivity index (χ4v) is 2.79. The summed E-state index contributed by atoms with van der Waals surface area (Å²) < 4.78 is 31.9. The van der Waals surface area contributed by atoms with Crippen LogP contribution in [-0.4, -0.2) is 13.0 Å². The smallest absolute Gasteiger partial charge is 0.210 e. The summed E-state index contributed by atoms with van der Waals surface area (Å²) in [6.07, 6.45) is 1.93. The molecule has 0 unspecified atom stereocenters. The number of fused-ring (bicyclic) bond motifs is 1. The normalized spacial score (nSPS) is 10.9. The molecule has 2 aromatic carbocycles. The molecule has 0 saturated heterocycles. The van der Waals surface area contributed by atoms with Gasteiger partial charge in [-0.3, -0.25) is 0 Å². The molecule has 0 saturated carbocycles. The average molecular weight is 351 g/mol. The number of para-hydroxylation sites is 1. The quantitative estimate of drug-likeness (QED) is 0.539. The molecule has 3 aromatic rings. The van der Waals surface area contributed by atoms with Crippen molar-refractivity contribution in [1.82, 2.24) is 0 Å². The van der Waals surface area contributed by atoms with Gasteiger partial charge in [-0.15, -0.1) is 0 Å². The van der Waals surface area contributed by atoms with Gasteiger partial charge in [0.05, 0.1) is 10.6 Å². The molecule has 1 heterocycles. The second kappa shape index (κ2) is 6.95. The van der Waals surface area contributed by atoms with Gasteiger partial charge < -0.3 is 10.3 Å². The maximum atomic E-state index is 10.6. The number of halogens is 1. The number of aryl methyl sites for hydroxylation is 1. The second-order valence-electron chi connectivity index (χ2n) is 4.85. The van der Waals surface area contributed by atoms with E-state index in [1.165, 1.54) is 23.0 Å². The number of nitrogens with two attached hydrogens (primary N) is 1. The van der Waals surface area contributed by atoms with Crippen molar-refractivity contribution < 1.29 is 18.0 Å². The summed E-state index contributed by atoms with van der Waals surface area (Å²) in [5.74, 6) is 0. The van der Waals surface area contributed by atoms with Crippen LogP contribution in [0.3, 0.4) is 0 Å². The third-order valence-corrected chi connectivity index (χ3v) is 4.43. The lowest BCUT2D eigenvalue weighted by Crippen LogP contribution is -2.03. The summed E-state index contributed by atoms with van der Waals surface area (Å²) >= 11 is 5.66. The Kier molecular flexibility index (Phi) is 5.20. The van der Waals surface area contributed by atoms with Gasteiger partial charge in [0.25, 0.3) is 0 Å². The molecule has 3 N–H and O–H groups in total. The van der Waals surface area contributed by atoms with Crippen LogP contribution >= 0.6 is 11.6 Å². The first-order chi connectivity index (χ1) is 10.8. The number of pyridine rings is 1. The molecule has 0 amide bonds. The first-order valence-corrected chi connectivity index (χ1v) is 8.44. The average Bonchev–Trinajstić information content (AvgIpc) is 2.50. The van der Waals surface area contributed by atoms with Gasteiger partial charge in [-0.1, -0.05) is 23.7 Å². The Balaban J connectivity index is 0.000000172. The molecule has 0 aliphatic carbocycles. The predicted octanol–water partition coefficient (Wildman–Crippen LogP) is 2.79. The Bertz CT molecular complexity index is 878. The highest BCUT2D eigenvalue weighted by Gasteiger charge is 2.08. The number of H-pyrrole nitrogens is 1. The molecule has 1 aromatic heterocycles. The number of hydrogen-bond acceptors (Lipinski definition) is 4. The van der Waals surface area contributed by atoms with E-state index in [0.29, 0.717) is 10.6 Å². The Morgan fingerprint density at radius 3 is 2.43 bits per heavy atom. The molecule has 3 rings (SSSR count). The van der Waals surface area contributed by atoms with Crippen LogP contribution in [0.15, 0.2) is 59.6 Å². The lowest BCUT2D eigenvalue weighted by atomic mass is 10.2. The van der Waals surface area contributed by atoms with E-state index in [9.17, 15) is 13.0 Å². The summed E-state index contributed by atoms with van der Waals surface area (Å²) in [5.41, 5.74) is 6.88. The standard InChI is InChI=1S/C9H7N.C7H8ClNO3S/c1-2-6-9-8(4-1)5-3-7-10-9;1-4-2-7(13(10,11)12)6(9)3-5(4)8/h1-7H;2-3H,9H2,1H3,(H,10,11,12). The largest absolute Gasteiger partial charge is 0.744 e. The summed E-state index contributed by atoms with van der Waals surface area (Å²) in [4.78, 5) is 2.73. The molecule has 5 nitrogen and oxygen atoms in total. The number of hydrogen-bond donors (Lipinski definition) is 1. The van der Waals surface area contributed by atoms with E-state index in [-0.39, 0.29) is 5.69 Å². The molecule has 7 heteroatoms. The zero-order valence-electron chi connectivity index (χ0n) is 12.3. The number of nitrogens with one attached hydrogen (secondary N) is 1. The molecule has 0 atom stereocenters. The third-order valence-electron chi connectivity index (χ3n) is 3.13. The van der Waals surface area contributed by atoms with E-state index in [1.54, 1.807) is 6.92 Å². The number of benzene rings is 2. The maximum absolute atomic E-state index is 10.6. The van der Waals surface area contributed by atoms with Crippen molar-refractivity contribution in [3.63, 3.8) is 0 Å². The van der Waals surface area contributed by atoms with E-state index in [1.807, 2.05) is 24.4 Å². The minimum Gasteiger partial charge on any atom is -0.744 e. The number of aromatic amines is 1. The highest BCUT2D eigenvalue weighted by atomic mass is 35.5. The molecule has 0 aliphatic heterocycles. The van der Waals surface area contributed by atoms with E-state index < -0.39 is 15.0 Å². The van der Waals surface area contributed by atoms with Crippen molar-refractivity contribution in [2.45, 2.75) is 11.8 Å². The molecule has 0 fully saturated rings. The minimum atomic E-state index is -4.51. The van der Waals surface area contributed by atoms with Crippen molar-refractivity contribution in [1.29, 1.82) is 0 Å². The van der Waals surface area contributed by atoms with Crippen molar-refractivity contribution in [2.24, 2.45) is 0 Å². The predicted molar refractivity (Wildman–Crippen MR) is 89.1 cm³/mol. The van der Waals surface area contributed by atoms with Gasteiger partial charge in [0.15, 0.2) is 6.20 Å². The Hall–Kier alpha value is -2.15. The lowest BCUT2D eigenvalue weighted by molar-refractivity contribution is -0.344. The van der Waals surface area contributed by atoms with Crippen molar-refractivity contribution in [3.8, 4) is 0 Å². The molecule has 120 valence electrons. The summed E-state index contributed by atoms with van der Waals surface area (Å²) in [5, 5.41) is 1.59.